The van der Waals surface area contributed by atoms with Crippen molar-refractivity contribution in [3.63, 3.8) is 0 Å². The molecule has 1 aliphatic heterocycles. The molecule has 0 aliphatic carbocycles. The van der Waals surface area contributed by atoms with Crippen LogP contribution in [-0.2, 0) is 9.59 Å². The molecule has 3 N–H and O–H groups in total. The molecule has 1 fully saturated rings. The number of thiazole rings is 1. The summed E-state index contributed by atoms with van der Waals surface area (Å²) in [5.74, 6) is -1.59. The maximum Gasteiger partial charge on any atom is 0.304 e. The summed E-state index contributed by atoms with van der Waals surface area (Å²) in [6.45, 7) is 2.55. The van der Waals surface area contributed by atoms with Gasteiger partial charge in [-0.15, -0.1) is 11.3 Å². The minimum absolute atomic E-state index is 0.165. The first-order valence-corrected chi connectivity index (χ1v) is 13.1. The van der Waals surface area contributed by atoms with Crippen LogP contribution >= 0.6 is 34.5 Å². The number of anilines is 1. The fraction of sp³-hybridized carbons (Fsp3) is 0.346. The summed E-state index contributed by atoms with van der Waals surface area (Å²) >= 11 is 13.9. The Morgan fingerprint density at radius 2 is 2.00 bits per heavy atom. The van der Waals surface area contributed by atoms with Gasteiger partial charge < -0.3 is 15.7 Å². The van der Waals surface area contributed by atoms with E-state index in [-0.39, 0.29) is 30.2 Å². The van der Waals surface area contributed by atoms with E-state index in [0.29, 0.717) is 29.4 Å². The molecule has 1 aliphatic rings. The second-order valence-corrected chi connectivity index (χ2v) is 10.8. The lowest BCUT2D eigenvalue weighted by molar-refractivity contribution is -0.151. The Kier molecular flexibility index (Phi) is 7.99. The number of hydrogen-bond donors (Lipinski definition) is 3. The number of carbonyl (C=O) groups excluding carboxylic acids is 1. The van der Waals surface area contributed by atoms with Crippen LogP contribution in [0.25, 0.3) is 0 Å². The number of halogens is 2. The van der Waals surface area contributed by atoms with E-state index in [1.54, 1.807) is 24.4 Å². The van der Waals surface area contributed by atoms with Gasteiger partial charge in [0.25, 0.3) is 0 Å². The highest BCUT2D eigenvalue weighted by Gasteiger charge is 2.52. The number of nitrogens with zero attached hydrogens (tertiary/aromatic N) is 1. The summed E-state index contributed by atoms with van der Waals surface area (Å²) < 4.78 is 0. The number of hydrogen-bond acceptors (Lipinski definition) is 5. The highest BCUT2D eigenvalue weighted by atomic mass is 35.5. The van der Waals surface area contributed by atoms with Gasteiger partial charge in [0.2, 0.25) is 5.91 Å². The molecule has 184 valence electrons. The molecule has 0 spiro atoms. The number of aromatic nitrogens is 1. The normalized spacial score (nSPS) is 22.9. The van der Waals surface area contributed by atoms with Crippen molar-refractivity contribution in [2.24, 2.45) is 11.3 Å². The van der Waals surface area contributed by atoms with Gasteiger partial charge in [-0.2, -0.15) is 0 Å². The number of carboxylic acids is 1. The molecule has 0 bridgehead atoms. The first-order valence-electron chi connectivity index (χ1n) is 11.5. The summed E-state index contributed by atoms with van der Waals surface area (Å²) in [4.78, 5) is 30.0. The first kappa shape index (κ1) is 25.5. The average Bonchev–Trinajstić information content (AvgIpc) is 3.34. The minimum Gasteiger partial charge on any atom is -0.481 e. The molecule has 2 heterocycles. The van der Waals surface area contributed by atoms with Crippen molar-refractivity contribution in [2.45, 2.75) is 38.1 Å². The lowest BCUT2D eigenvalue weighted by Crippen LogP contribution is -2.54. The van der Waals surface area contributed by atoms with E-state index in [1.807, 2.05) is 42.6 Å². The molecule has 9 heteroatoms. The predicted molar refractivity (Wildman–Crippen MR) is 140 cm³/mol. The van der Waals surface area contributed by atoms with Crippen LogP contribution in [-0.4, -0.2) is 28.5 Å². The van der Waals surface area contributed by atoms with Crippen LogP contribution in [0, 0.1) is 11.3 Å². The Hall–Kier alpha value is -2.61. The van der Waals surface area contributed by atoms with E-state index in [4.69, 9.17) is 23.2 Å². The summed E-state index contributed by atoms with van der Waals surface area (Å²) in [6.07, 6.45) is 2.48. The topological polar surface area (TPSA) is 91.3 Å². The number of amides is 1. The number of benzene rings is 2. The molecule has 4 rings (SSSR count). The van der Waals surface area contributed by atoms with Crippen LogP contribution in [0.1, 0.15) is 49.3 Å². The zero-order chi connectivity index (χ0) is 25.0. The molecule has 35 heavy (non-hydrogen) atoms. The van der Waals surface area contributed by atoms with Crippen LogP contribution < -0.4 is 10.6 Å². The number of piperidine rings is 1. The van der Waals surface area contributed by atoms with Crippen molar-refractivity contribution < 1.29 is 14.7 Å². The minimum atomic E-state index is -1.08. The van der Waals surface area contributed by atoms with Gasteiger partial charge in [-0.3, -0.25) is 9.59 Å². The number of rotatable bonds is 9. The quantitative estimate of drug-likeness (QED) is 0.297. The number of aliphatic carboxylic acids is 1. The van der Waals surface area contributed by atoms with Gasteiger partial charge in [0.05, 0.1) is 17.9 Å². The summed E-state index contributed by atoms with van der Waals surface area (Å²) in [7, 11) is 0. The van der Waals surface area contributed by atoms with Crippen LogP contribution in [0.2, 0.25) is 10.0 Å². The van der Waals surface area contributed by atoms with Crippen molar-refractivity contribution in [3.8, 4) is 0 Å². The molecule has 3 aromatic rings. The number of nitrogens with one attached hydrogen (secondary N) is 2. The third-order valence-corrected chi connectivity index (χ3v) is 8.15. The fourth-order valence-corrected chi connectivity index (χ4v) is 5.91. The zero-order valence-corrected chi connectivity index (χ0v) is 21.5. The van der Waals surface area contributed by atoms with E-state index in [1.165, 1.54) is 11.3 Å². The molecular formula is C26H27Cl2N3O3S. The maximum absolute atomic E-state index is 13.7. The monoisotopic (exact) mass is 531 g/mol. The Morgan fingerprint density at radius 1 is 1.23 bits per heavy atom. The highest BCUT2D eigenvalue weighted by Crippen LogP contribution is 2.51. The van der Waals surface area contributed by atoms with Gasteiger partial charge in [-0.25, -0.2) is 4.98 Å². The largest absolute Gasteiger partial charge is 0.481 e. The van der Waals surface area contributed by atoms with E-state index < -0.39 is 11.4 Å². The molecule has 0 unspecified atom stereocenters. The zero-order valence-electron chi connectivity index (χ0n) is 19.2. The van der Waals surface area contributed by atoms with Gasteiger partial charge in [-0.05, 0) is 54.2 Å². The lowest BCUT2D eigenvalue weighted by Gasteiger charge is -2.47. The molecule has 0 radical (unpaired) electrons. The van der Waals surface area contributed by atoms with Crippen molar-refractivity contribution >= 4 is 51.5 Å². The number of carboxylic acid groups (broad SMARTS) is 1. The average molecular weight is 532 g/mol. The van der Waals surface area contributed by atoms with Gasteiger partial charge in [0.15, 0.2) is 5.13 Å². The van der Waals surface area contributed by atoms with Gasteiger partial charge >= 0.3 is 5.97 Å². The summed E-state index contributed by atoms with van der Waals surface area (Å²) in [5.41, 5.74) is 0.793. The molecule has 1 amide bonds. The van der Waals surface area contributed by atoms with Crippen LogP contribution in [0.15, 0.2) is 60.1 Å². The lowest BCUT2D eigenvalue weighted by atomic mass is 9.61. The smallest absolute Gasteiger partial charge is 0.304 e. The second-order valence-electron chi connectivity index (χ2n) is 9.05. The highest BCUT2D eigenvalue weighted by molar-refractivity contribution is 7.13. The Morgan fingerprint density at radius 3 is 2.66 bits per heavy atom. The first-order chi connectivity index (χ1) is 16.8. The molecule has 1 saturated heterocycles. The standard InChI is InChI=1S/C26H27Cl2N3O3S/c1-16(9-10-29-25-30-11-12-35-25)26(15-22(32)33)14-21(18-3-2-4-20(28)13-18)23(31-24(26)34)17-5-7-19(27)8-6-17/h2-8,11-13,16,21,23H,9-10,14-15H2,1H3,(H,29,30)(H,31,34)(H,32,33)/t16-,21+,23+,26+/m0/s1. The Labute approximate surface area is 218 Å². The van der Waals surface area contributed by atoms with Gasteiger partial charge in [-0.1, -0.05) is 54.4 Å². The summed E-state index contributed by atoms with van der Waals surface area (Å²) in [5, 5.41) is 20.2. The number of carbonyl (C=O) groups is 2. The molecule has 2 aromatic carbocycles. The third kappa shape index (κ3) is 5.80. The SMILES string of the molecule is C[C@@H](CCNc1nccs1)[C@]1(CC(=O)O)C[C@H](c2cccc(Cl)c2)[C@@H](c2ccc(Cl)cc2)NC1=O. The molecule has 4 atom stereocenters. The molecular weight excluding hydrogens is 505 g/mol. The van der Waals surface area contributed by atoms with Crippen LogP contribution in [0.4, 0.5) is 5.13 Å². The second kappa shape index (κ2) is 11.0. The molecule has 0 saturated carbocycles. The van der Waals surface area contributed by atoms with Crippen LogP contribution in [0.3, 0.4) is 0 Å². The Balaban J connectivity index is 1.67. The van der Waals surface area contributed by atoms with E-state index >= 15 is 0 Å². The summed E-state index contributed by atoms with van der Waals surface area (Å²) in [6, 6.07) is 14.6. The van der Waals surface area contributed by atoms with Crippen molar-refractivity contribution in [1.82, 2.24) is 10.3 Å². The van der Waals surface area contributed by atoms with Crippen molar-refractivity contribution in [1.29, 1.82) is 0 Å². The molecule has 1 aromatic heterocycles. The Bertz CT molecular complexity index is 1170. The van der Waals surface area contributed by atoms with E-state index in [9.17, 15) is 14.7 Å². The predicted octanol–water partition coefficient (Wildman–Crippen LogP) is 6.39. The third-order valence-electron chi connectivity index (χ3n) is 6.93. The van der Waals surface area contributed by atoms with E-state index in [0.717, 1.165) is 16.3 Å². The van der Waals surface area contributed by atoms with Gasteiger partial charge in [0.1, 0.15) is 0 Å². The van der Waals surface area contributed by atoms with Crippen molar-refractivity contribution in [3.05, 3.63) is 81.3 Å². The van der Waals surface area contributed by atoms with Crippen LogP contribution in [0.5, 0.6) is 0 Å². The maximum atomic E-state index is 13.7. The fourth-order valence-electron chi connectivity index (χ4n) is 5.03. The van der Waals surface area contributed by atoms with E-state index in [2.05, 4.69) is 15.6 Å². The van der Waals surface area contributed by atoms with Gasteiger partial charge in [0, 0.05) is 34.1 Å². The molecule has 6 nitrogen and oxygen atoms in total. The van der Waals surface area contributed by atoms with Crippen molar-refractivity contribution in [2.75, 3.05) is 11.9 Å².